The van der Waals surface area contributed by atoms with Gasteiger partial charge >= 0.3 is 12.3 Å². The number of carbonyl (C=O) groups is 1. The van der Waals surface area contributed by atoms with Crippen molar-refractivity contribution in [3.8, 4) is 5.75 Å². The van der Waals surface area contributed by atoms with Crippen molar-refractivity contribution in [1.29, 1.82) is 0 Å². The summed E-state index contributed by atoms with van der Waals surface area (Å²) < 4.78 is 49.3. The Bertz CT molecular complexity index is 610. The first kappa shape index (κ1) is 18.0. The number of nitro groups is 1. The SMILES string of the molecule is CN1CCC(OC(=O)Oc2ccc([N+](=O)[O-])cc2)(C(F)(F)F)CC1. The van der Waals surface area contributed by atoms with Gasteiger partial charge in [-0.25, -0.2) is 4.79 Å². The zero-order valence-electron chi connectivity index (χ0n) is 12.7. The molecule has 0 saturated carbocycles. The minimum Gasteiger partial charge on any atom is -0.418 e. The van der Waals surface area contributed by atoms with Gasteiger partial charge in [-0.15, -0.1) is 0 Å². The van der Waals surface area contributed by atoms with E-state index in [9.17, 15) is 28.1 Å². The summed E-state index contributed by atoms with van der Waals surface area (Å²) in [6.45, 7) is 0.259. The molecule has 10 heteroatoms. The number of halogens is 3. The summed E-state index contributed by atoms with van der Waals surface area (Å²) >= 11 is 0. The fourth-order valence-electron chi connectivity index (χ4n) is 2.34. The molecule has 0 aromatic heterocycles. The molecule has 0 N–H and O–H groups in total. The fraction of sp³-hybridized carbons (Fsp3) is 0.500. The smallest absolute Gasteiger partial charge is 0.418 e. The third-order valence-corrected chi connectivity index (χ3v) is 3.84. The Morgan fingerprint density at radius 3 is 2.25 bits per heavy atom. The zero-order chi connectivity index (χ0) is 18.0. The Hall–Kier alpha value is -2.36. The minimum atomic E-state index is -4.72. The van der Waals surface area contributed by atoms with Crippen molar-refractivity contribution in [3.05, 3.63) is 34.4 Å². The molecule has 1 aliphatic rings. The van der Waals surface area contributed by atoms with E-state index in [-0.39, 0.29) is 37.4 Å². The maximum atomic E-state index is 13.3. The summed E-state index contributed by atoms with van der Waals surface area (Å²) in [5.41, 5.74) is -2.82. The van der Waals surface area contributed by atoms with Gasteiger partial charge in [0.25, 0.3) is 5.69 Å². The van der Waals surface area contributed by atoms with Gasteiger partial charge in [0, 0.05) is 38.1 Å². The number of non-ortho nitro benzene ring substituents is 1. The van der Waals surface area contributed by atoms with Gasteiger partial charge in [0.15, 0.2) is 0 Å². The lowest BCUT2D eigenvalue weighted by atomic mass is 9.90. The third-order valence-electron chi connectivity index (χ3n) is 3.84. The van der Waals surface area contributed by atoms with E-state index in [2.05, 4.69) is 4.74 Å². The summed E-state index contributed by atoms with van der Waals surface area (Å²) in [5.74, 6) is -0.143. The Labute approximate surface area is 135 Å². The van der Waals surface area contributed by atoms with Crippen LogP contribution in [0.2, 0.25) is 0 Å². The highest BCUT2D eigenvalue weighted by Gasteiger charge is 2.59. The Kier molecular flexibility index (Phi) is 4.97. The molecule has 2 rings (SSSR count). The summed E-state index contributed by atoms with van der Waals surface area (Å²) in [4.78, 5) is 23.3. The van der Waals surface area contributed by atoms with Gasteiger partial charge in [0.05, 0.1) is 4.92 Å². The predicted molar refractivity (Wildman–Crippen MR) is 75.7 cm³/mol. The number of nitrogens with zero attached hydrogens (tertiary/aromatic N) is 2. The molecule has 0 bridgehead atoms. The van der Waals surface area contributed by atoms with Crippen LogP contribution in [0.1, 0.15) is 12.8 Å². The van der Waals surface area contributed by atoms with Crippen LogP contribution in [-0.4, -0.2) is 47.9 Å². The molecule has 7 nitrogen and oxygen atoms in total. The first-order valence-corrected chi connectivity index (χ1v) is 7.03. The molecule has 0 unspecified atom stereocenters. The van der Waals surface area contributed by atoms with Crippen molar-refractivity contribution in [2.75, 3.05) is 20.1 Å². The van der Waals surface area contributed by atoms with Crippen LogP contribution in [0, 0.1) is 10.1 Å². The Morgan fingerprint density at radius 1 is 1.25 bits per heavy atom. The van der Waals surface area contributed by atoms with E-state index in [0.29, 0.717) is 0 Å². The quantitative estimate of drug-likeness (QED) is 0.361. The second-order valence-corrected chi connectivity index (χ2v) is 5.50. The number of hydrogen-bond acceptors (Lipinski definition) is 6. The lowest BCUT2D eigenvalue weighted by Gasteiger charge is -2.40. The Balaban J connectivity index is 2.07. The highest BCUT2D eigenvalue weighted by atomic mass is 19.4. The number of piperidine rings is 1. The number of alkyl halides is 3. The molecule has 0 amide bonds. The second kappa shape index (κ2) is 6.63. The van der Waals surface area contributed by atoms with E-state index in [1.807, 2.05) is 0 Å². The van der Waals surface area contributed by atoms with Crippen LogP contribution in [0.15, 0.2) is 24.3 Å². The molecule has 0 radical (unpaired) electrons. The van der Waals surface area contributed by atoms with Crippen molar-refractivity contribution in [2.24, 2.45) is 0 Å². The summed E-state index contributed by atoms with van der Waals surface area (Å²) in [5, 5.41) is 10.5. The van der Waals surface area contributed by atoms with Crippen LogP contribution in [0.5, 0.6) is 5.75 Å². The summed E-state index contributed by atoms with van der Waals surface area (Å²) in [6, 6.07) is 4.35. The third kappa shape index (κ3) is 3.94. The normalized spacial score (nSPS) is 18.0. The van der Waals surface area contributed by atoms with Crippen molar-refractivity contribution >= 4 is 11.8 Å². The first-order chi connectivity index (χ1) is 11.1. The molecule has 1 fully saturated rings. The number of likely N-dealkylation sites (tertiary alicyclic amines) is 1. The maximum Gasteiger partial charge on any atom is 0.514 e. The van der Waals surface area contributed by atoms with E-state index in [1.165, 1.54) is 0 Å². The molecule has 24 heavy (non-hydrogen) atoms. The largest absolute Gasteiger partial charge is 0.514 e. The zero-order valence-corrected chi connectivity index (χ0v) is 12.7. The predicted octanol–water partition coefficient (Wildman–Crippen LogP) is 3.14. The summed E-state index contributed by atoms with van der Waals surface area (Å²) in [6.07, 6.45) is -6.99. The number of ether oxygens (including phenoxy) is 2. The lowest BCUT2D eigenvalue weighted by Crippen LogP contribution is -2.55. The van der Waals surface area contributed by atoms with Gasteiger partial charge in [-0.05, 0) is 19.2 Å². The van der Waals surface area contributed by atoms with E-state index in [4.69, 9.17) is 4.74 Å². The van der Waals surface area contributed by atoms with Crippen molar-refractivity contribution in [2.45, 2.75) is 24.6 Å². The lowest BCUT2D eigenvalue weighted by molar-refractivity contribution is -0.384. The molecule has 1 aromatic carbocycles. The number of nitro benzene ring substituents is 1. The average molecular weight is 348 g/mol. The number of hydrogen-bond donors (Lipinski definition) is 0. The number of benzene rings is 1. The highest BCUT2D eigenvalue weighted by Crippen LogP contribution is 2.41. The van der Waals surface area contributed by atoms with Crippen LogP contribution in [0.25, 0.3) is 0 Å². The van der Waals surface area contributed by atoms with Crippen LogP contribution in [0.3, 0.4) is 0 Å². The topological polar surface area (TPSA) is 81.9 Å². The molecule has 1 heterocycles. The van der Waals surface area contributed by atoms with E-state index in [1.54, 1.807) is 11.9 Å². The fourth-order valence-corrected chi connectivity index (χ4v) is 2.34. The monoisotopic (exact) mass is 348 g/mol. The molecule has 0 atom stereocenters. The van der Waals surface area contributed by atoms with Crippen LogP contribution in [-0.2, 0) is 4.74 Å². The summed E-state index contributed by atoms with van der Waals surface area (Å²) in [7, 11) is 1.68. The van der Waals surface area contributed by atoms with Gasteiger partial charge in [-0.3, -0.25) is 10.1 Å². The Morgan fingerprint density at radius 2 is 1.79 bits per heavy atom. The van der Waals surface area contributed by atoms with Gasteiger partial charge < -0.3 is 14.4 Å². The van der Waals surface area contributed by atoms with E-state index in [0.717, 1.165) is 24.3 Å². The molecule has 1 saturated heterocycles. The van der Waals surface area contributed by atoms with Gasteiger partial charge in [-0.1, -0.05) is 0 Å². The molecular weight excluding hydrogens is 333 g/mol. The molecule has 132 valence electrons. The molecule has 0 aliphatic carbocycles. The van der Waals surface area contributed by atoms with Gasteiger partial charge in [0.2, 0.25) is 5.60 Å². The van der Waals surface area contributed by atoms with Crippen molar-refractivity contribution in [1.82, 2.24) is 4.90 Å². The standard InChI is InChI=1S/C14H15F3N2O5/c1-18-8-6-13(7-9-18,14(15,16)17)24-12(20)23-11-4-2-10(3-5-11)19(21)22/h2-5H,6-9H2,1H3. The van der Waals surface area contributed by atoms with E-state index >= 15 is 0 Å². The van der Waals surface area contributed by atoms with Gasteiger partial charge in [-0.2, -0.15) is 13.2 Å². The number of rotatable bonds is 3. The molecular formula is C14H15F3N2O5. The van der Waals surface area contributed by atoms with E-state index < -0.39 is 22.9 Å². The molecule has 1 aromatic rings. The average Bonchev–Trinajstić information content (AvgIpc) is 2.49. The highest BCUT2D eigenvalue weighted by molar-refractivity contribution is 5.64. The van der Waals surface area contributed by atoms with Crippen molar-refractivity contribution < 1.29 is 32.4 Å². The minimum absolute atomic E-state index is 0.129. The molecule has 1 aliphatic heterocycles. The van der Waals surface area contributed by atoms with Crippen LogP contribution in [0.4, 0.5) is 23.7 Å². The number of carbonyl (C=O) groups excluding carboxylic acids is 1. The first-order valence-electron chi connectivity index (χ1n) is 7.03. The van der Waals surface area contributed by atoms with Crippen molar-refractivity contribution in [3.63, 3.8) is 0 Å². The van der Waals surface area contributed by atoms with Crippen LogP contribution >= 0.6 is 0 Å². The van der Waals surface area contributed by atoms with Crippen LogP contribution < -0.4 is 4.74 Å². The van der Waals surface area contributed by atoms with Gasteiger partial charge in [0.1, 0.15) is 5.75 Å². The maximum absolute atomic E-state index is 13.3. The second-order valence-electron chi connectivity index (χ2n) is 5.50. The molecule has 0 spiro atoms.